The van der Waals surface area contributed by atoms with Crippen LogP contribution in [0.25, 0.3) is 0 Å². The molecule has 1 saturated carbocycles. The van der Waals surface area contributed by atoms with Crippen molar-refractivity contribution in [1.29, 1.82) is 0 Å². The van der Waals surface area contributed by atoms with Gasteiger partial charge in [0.1, 0.15) is 0 Å². The summed E-state index contributed by atoms with van der Waals surface area (Å²) >= 11 is 4.18. The van der Waals surface area contributed by atoms with E-state index in [1.807, 2.05) is 11.3 Å². The van der Waals surface area contributed by atoms with Crippen LogP contribution in [0.4, 0.5) is 0 Å². The molecule has 1 aromatic rings. The Kier molecular flexibility index (Phi) is 6.06. The average molecular weight is 284 g/mol. The number of hydrogen-bond donors (Lipinski definition) is 1. The SMILES string of the molecule is CCc1ccc(CC(CSC2CCCC2)NC)s1. The molecule has 1 atom stereocenters. The van der Waals surface area contributed by atoms with E-state index in [1.165, 1.54) is 49.2 Å². The zero-order chi connectivity index (χ0) is 12.8. The minimum atomic E-state index is 0.638. The van der Waals surface area contributed by atoms with Crippen LogP contribution < -0.4 is 5.32 Å². The molecule has 18 heavy (non-hydrogen) atoms. The van der Waals surface area contributed by atoms with Gasteiger partial charge in [-0.25, -0.2) is 0 Å². The molecule has 1 aromatic heterocycles. The molecule has 102 valence electrons. The lowest BCUT2D eigenvalue weighted by atomic mass is 10.2. The maximum absolute atomic E-state index is 3.49. The smallest absolute Gasteiger partial charge is 0.0203 e. The van der Waals surface area contributed by atoms with Gasteiger partial charge >= 0.3 is 0 Å². The fraction of sp³-hybridized carbons (Fsp3) is 0.733. The third-order valence-corrected chi connectivity index (χ3v) is 6.55. The van der Waals surface area contributed by atoms with Gasteiger partial charge in [-0.15, -0.1) is 11.3 Å². The van der Waals surface area contributed by atoms with Crippen LogP contribution in [0.15, 0.2) is 12.1 Å². The lowest BCUT2D eigenvalue weighted by molar-refractivity contribution is 0.620. The number of rotatable bonds is 7. The second kappa shape index (κ2) is 7.56. The summed E-state index contributed by atoms with van der Waals surface area (Å²) < 4.78 is 0. The highest BCUT2D eigenvalue weighted by Gasteiger charge is 2.17. The van der Waals surface area contributed by atoms with E-state index in [0.29, 0.717) is 6.04 Å². The molecule has 1 aliphatic rings. The van der Waals surface area contributed by atoms with Gasteiger partial charge in [0.2, 0.25) is 0 Å². The second-order valence-corrected chi connectivity index (χ2v) is 7.74. The first-order chi connectivity index (χ1) is 8.81. The molecule has 0 amide bonds. The van der Waals surface area contributed by atoms with Gasteiger partial charge in [0, 0.05) is 26.8 Å². The Morgan fingerprint density at radius 2 is 2.06 bits per heavy atom. The van der Waals surface area contributed by atoms with Gasteiger partial charge in [-0.05, 0) is 44.9 Å². The van der Waals surface area contributed by atoms with Gasteiger partial charge in [0.25, 0.3) is 0 Å². The topological polar surface area (TPSA) is 12.0 Å². The molecule has 1 aliphatic carbocycles. The Morgan fingerprint density at radius 3 is 2.67 bits per heavy atom. The van der Waals surface area contributed by atoms with Crippen LogP contribution in [0, 0.1) is 0 Å². The molecule has 0 bridgehead atoms. The van der Waals surface area contributed by atoms with Crippen molar-refractivity contribution >= 4 is 23.1 Å². The van der Waals surface area contributed by atoms with E-state index in [9.17, 15) is 0 Å². The number of aryl methyl sites for hydroxylation is 1. The molecule has 0 spiro atoms. The number of hydrogen-bond acceptors (Lipinski definition) is 3. The van der Waals surface area contributed by atoms with Crippen LogP contribution >= 0.6 is 23.1 Å². The standard InChI is InChI=1S/C15H25NS2/c1-3-13-8-9-15(18-13)10-12(16-2)11-17-14-6-4-5-7-14/h8-9,12,14,16H,3-7,10-11H2,1-2H3. The molecule has 1 heterocycles. The number of thioether (sulfide) groups is 1. The predicted octanol–water partition coefficient (Wildman–Crippen LogP) is 4.12. The van der Waals surface area contributed by atoms with Crippen LogP contribution in [0.3, 0.4) is 0 Å². The van der Waals surface area contributed by atoms with Crippen LogP contribution in [-0.2, 0) is 12.8 Å². The summed E-state index contributed by atoms with van der Waals surface area (Å²) in [7, 11) is 2.11. The summed E-state index contributed by atoms with van der Waals surface area (Å²) in [6.45, 7) is 2.24. The Bertz CT molecular complexity index is 342. The van der Waals surface area contributed by atoms with Crippen LogP contribution in [-0.4, -0.2) is 24.1 Å². The van der Waals surface area contributed by atoms with E-state index in [2.05, 4.69) is 43.2 Å². The molecule has 3 heteroatoms. The zero-order valence-electron chi connectivity index (χ0n) is 11.6. The van der Waals surface area contributed by atoms with Crippen molar-refractivity contribution in [3.05, 3.63) is 21.9 Å². The lowest BCUT2D eigenvalue weighted by Crippen LogP contribution is -2.30. The highest BCUT2D eigenvalue weighted by molar-refractivity contribution is 7.99. The zero-order valence-corrected chi connectivity index (χ0v) is 13.2. The number of nitrogens with one attached hydrogen (secondary N) is 1. The number of thiophene rings is 1. The Morgan fingerprint density at radius 1 is 1.33 bits per heavy atom. The van der Waals surface area contributed by atoms with Gasteiger partial charge in [-0.3, -0.25) is 0 Å². The average Bonchev–Trinajstić information content (AvgIpc) is 3.05. The highest BCUT2D eigenvalue weighted by Crippen LogP contribution is 2.30. The third-order valence-electron chi connectivity index (χ3n) is 3.76. The summed E-state index contributed by atoms with van der Waals surface area (Å²) in [6, 6.07) is 5.24. The van der Waals surface area contributed by atoms with Crippen LogP contribution in [0.1, 0.15) is 42.4 Å². The first kappa shape index (κ1) is 14.4. The molecule has 0 aromatic carbocycles. The van der Waals surface area contributed by atoms with Crippen LogP contribution in [0.2, 0.25) is 0 Å². The molecular formula is C15H25NS2. The van der Waals surface area contributed by atoms with E-state index in [1.54, 1.807) is 4.88 Å². The minimum absolute atomic E-state index is 0.638. The summed E-state index contributed by atoms with van der Waals surface area (Å²) in [5, 5.41) is 4.43. The van der Waals surface area contributed by atoms with Gasteiger partial charge in [0.05, 0.1) is 0 Å². The summed E-state index contributed by atoms with van der Waals surface area (Å²) in [4.78, 5) is 3.06. The van der Waals surface area contributed by atoms with Crippen molar-refractivity contribution in [2.24, 2.45) is 0 Å². The van der Waals surface area contributed by atoms with Gasteiger partial charge in [-0.2, -0.15) is 11.8 Å². The monoisotopic (exact) mass is 283 g/mol. The fourth-order valence-corrected chi connectivity index (χ4v) is 5.01. The molecule has 1 fully saturated rings. The normalized spacial score (nSPS) is 18.3. The fourth-order valence-electron chi connectivity index (χ4n) is 2.52. The third kappa shape index (κ3) is 4.29. The second-order valence-electron chi connectivity index (χ2n) is 5.15. The van der Waals surface area contributed by atoms with Crippen molar-refractivity contribution in [3.63, 3.8) is 0 Å². The van der Waals surface area contributed by atoms with E-state index >= 15 is 0 Å². The first-order valence-electron chi connectivity index (χ1n) is 7.18. The van der Waals surface area contributed by atoms with E-state index in [-0.39, 0.29) is 0 Å². The maximum Gasteiger partial charge on any atom is 0.0203 e. The van der Waals surface area contributed by atoms with Crippen LogP contribution in [0.5, 0.6) is 0 Å². The van der Waals surface area contributed by atoms with Crippen molar-refractivity contribution < 1.29 is 0 Å². The Labute approximate surface area is 120 Å². The summed E-state index contributed by atoms with van der Waals surface area (Å²) in [5.74, 6) is 1.26. The van der Waals surface area contributed by atoms with Gasteiger partial charge in [0.15, 0.2) is 0 Å². The molecule has 0 saturated heterocycles. The predicted molar refractivity (Wildman–Crippen MR) is 85.0 cm³/mol. The summed E-state index contributed by atoms with van der Waals surface area (Å²) in [6.07, 6.45) is 8.16. The van der Waals surface area contributed by atoms with Crippen molar-refractivity contribution in [2.45, 2.75) is 56.7 Å². The Hall–Kier alpha value is 0.01000. The first-order valence-corrected chi connectivity index (χ1v) is 9.04. The largest absolute Gasteiger partial charge is 0.316 e. The lowest BCUT2D eigenvalue weighted by Gasteiger charge is -2.17. The minimum Gasteiger partial charge on any atom is -0.316 e. The molecule has 0 radical (unpaired) electrons. The molecule has 2 rings (SSSR count). The van der Waals surface area contributed by atoms with Crippen molar-refractivity contribution in [3.8, 4) is 0 Å². The Balaban J connectivity index is 1.77. The summed E-state index contributed by atoms with van der Waals surface area (Å²) in [5.41, 5.74) is 0. The molecule has 1 N–H and O–H groups in total. The van der Waals surface area contributed by atoms with Crippen molar-refractivity contribution in [2.75, 3.05) is 12.8 Å². The molecule has 1 unspecified atom stereocenters. The quantitative estimate of drug-likeness (QED) is 0.808. The number of likely N-dealkylation sites (N-methyl/N-ethyl adjacent to an activating group) is 1. The van der Waals surface area contributed by atoms with Gasteiger partial charge < -0.3 is 5.32 Å². The van der Waals surface area contributed by atoms with E-state index in [4.69, 9.17) is 0 Å². The maximum atomic E-state index is 3.49. The van der Waals surface area contributed by atoms with E-state index < -0.39 is 0 Å². The highest BCUT2D eigenvalue weighted by atomic mass is 32.2. The molecule has 0 aliphatic heterocycles. The van der Waals surface area contributed by atoms with Gasteiger partial charge in [-0.1, -0.05) is 19.8 Å². The van der Waals surface area contributed by atoms with Crippen molar-refractivity contribution in [1.82, 2.24) is 5.32 Å². The molecular weight excluding hydrogens is 258 g/mol. The molecule has 1 nitrogen and oxygen atoms in total. The van der Waals surface area contributed by atoms with E-state index in [0.717, 1.165) is 5.25 Å².